The van der Waals surface area contributed by atoms with E-state index in [4.69, 9.17) is 4.74 Å². The van der Waals surface area contributed by atoms with Crippen molar-refractivity contribution in [3.63, 3.8) is 0 Å². The number of phenols is 1. The summed E-state index contributed by atoms with van der Waals surface area (Å²) < 4.78 is 5.38. The smallest absolute Gasteiger partial charge is 0.254 e. The van der Waals surface area contributed by atoms with Gasteiger partial charge in [-0.3, -0.25) is 9.69 Å². The third-order valence-electron chi connectivity index (χ3n) is 5.15. The van der Waals surface area contributed by atoms with Crippen molar-refractivity contribution in [3.05, 3.63) is 29.3 Å². The lowest BCUT2D eigenvalue weighted by Crippen LogP contribution is -2.41. The van der Waals surface area contributed by atoms with Crippen molar-refractivity contribution in [2.45, 2.75) is 6.92 Å². The number of aryl methyl sites for hydroxylation is 1. The zero-order valence-electron chi connectivity index (χ0n) is 14.1. The number of nitrogens with zero attached hydrogens (tertiary/aromatic N) is 2. The van der Waals surface area contributed by atoms with Gasteiger partial charge in [0.05, 0.1) is 13.2 Å². The monoisotopic (exact) mass is 334 g/mol. The van der Waals surface area contributed by atoms with E-state index in [0.717, 1.165) is 38.4 Å². The standard InChI is InChI=1S/C18H26N2O4/c1-13-2-3-14(8-17(13)22)18(23)20-10-15(16(11-20)12-21)9-19-4-6-24-7-5-19/h2-3,8,15-16,21-22H,4-7,9-12H2,1H3/t15-,16-/m1/s1. The minimum absolute atomic E-state index is 0.0757. The molecule has 0 saturated carbocycles. The Kier molecular flexibility index (Phi) is 5.38. The van der Waals surface area contributed by atoms with E-state index in [-0.39, 0.29) is 30.1 Å². The Morgan fingerprint density at radius 3 is 2.62 bits per heavy atom. The number of ether oxygens (including phenoxy) is 1. The molecule has 1 aromatic carbocycles. The van der Waals surface area contributed by atoms with E-state index >= 15 is 0 Å². The van der Waals surface area contributed by atoms with Gasteiger partial charge in [-0.15, -0.1) is 0 Å². The highest BCUT2D eigenvalue weighted by Crippen LogP contribution is 2.27. The van der Waals surface area contributed by atoms with E-state index in [0.29, 0.717) is 18.7 Å². The summed E-state index contributed by atoms with van der Waals surface area (Å²) in [6, 6.07) is 5.04. The van der Waals surface area contributed by atoms with Crippen LogP contribution < -0.4 is 0 Å². The molecule has 1 aromatic rings. The first-order valence-corrected chi connectivity index (χ1v) is 8.58. The summed E-state index contributed by atoms with van der Waals surface area (Å²) in [5, 5.41) is 19.5. The molecule has 6 heteroatoms. The van der Waals surface area contributed by atoms with Gasteiger partial charge >= 0.3 is 0 Å². The second-order valence-electron chi connectivity index (χ2n) is 6.83. The van der Waals surface area contributed by atoms with Crippen LogP contribution in [-0.4, -0.2) is 78.5 Å². The second-order valence-corrected chi connectivity index (χ2v) is 6.83. The number of aliphatic hydroxyl groups is 1. The predicted molar refractivity (Wildman–Crippen MR) is 90.1 cm³/mol. The van der Waals surface area contributed by atoms with Crippen LogP contribution in [0.5, 0.6) is 5.75 Å². The molecule has 2 N–H and O–H groups in total. The molecule has 2 aliphatic heterocycles. The lowest BCUT2D eigenvalue weighted by molar-refractivity contribution is 0.0264. The molecular formula is C18H26N2O4. The molecule has 0 bridgehead atoms. The molecule has 132 valence electrons. The van der Waals surface area contributed by atoms with Gasteiger partial charge in [-0.2, -0.15) is 0 Å². The minimum Gasteiger partial charge on any atom is -0.508 e. The molecule has 2 fully saturated rings. The molecule has 2 heterocycles. The average molecular weight is 334 g/mol. The van der Waals surface area contributed by atoms with Gasteiger partial charge in [0, 0.05) is 50.8 Å². The van der Waals surface area contributed by atoms with Crippen LogP contribution in [-0.2, 0) is 4.74 Å². The van der Waals surface area contributed by atoms with Crippen LogP contribution in [0.3, 0.4) is 0 Å². The van der Waals surface area contributed by atoms with E-state index in [1.54, 1.807) is 24.0 Å². The summed E-state index contributed by atoms with van der Waals surface area (Å²) in [5.41, 5.74) is 1.26. The van der Waals surface area contributed by atoms with Crippen molar-refractivity contribution in [1.29, 1.82) is 0 Å². The summed E-state index contributed by atoms with van der Waals surface area (Å²) in [6.45, 7) is 7.33. The zero-order chi connectivity index (χ0) is 17.1. The largest absolute Gasteiger partial charge is 0.508 e. The number of benzene rings is 1. The number of rotatable bonds is 4. The van der Waals surface area contributed by atoms with Crippen molar-refractivity contribution in [1.82, 2.24) is 9.80 Å². The zero-order valence-corrected chi connectivity index (χ0v) is 14.1. The first-order valence-electron chi connectivity index (χ1n) is 8.58. The quantitative estimate of drug-likeness (QED) is 0.849. The fraction of sp³-hybridized carbons (Fsp3) is 0.611. The van der Waals surface area contributed by atoms with Gasteiger partial charge in [0.1, 0.15) is 5.75 Å². The first-order chi connectivity index (χ1) is 11.6. The molecular weight excluding hydrogens is 308 g/mol. The second kappa shape index (κ2) is 7.51. The Balaban J connectivity index is 1.66. The highest BCUT2D eigenvalue weighted by molar-refractivity contribution is 5.95. The Morgan fingerprint density at radius 2 is 1.96 bits per heavy atom. The maximum absolute atomic E-state index is 12.7. The van der Waals surface area contributed by atoms with Crippen LogP contribution in [0.15, 0.2) is 18.2 Å². The van der Waals surface area contributed by atoms with E-state index in [1.165, 1.54) is 6.07 Å². The molecule has 2 saturated heterocycles. The summed E-state index contributed by atoms with van der Waals surface area (Å²) in [6.07, 6.45) is 0. The van der Waals surface area contributed by atoms with Crippen molar-refractivity contribution >= 4 is 5.91 Å². The summed E-state index contributed by atoms with van der Waals surface area (Å²) in [5.74, 6) is 0.448. The summed E-state index contributed by atoms with van der Waals surface area (Å²) in [4.78, 5) is 16.9. The Bertz CT molecular complexity index is 586. The number of carbonyl (C=O) groups is 1. The van der Waals surface area contributed by atoms with Crippen LogP contribution in [0.2, 0.25) is 0 Å². The molecule has 0 aromatic heterocycles. The molecule has 1 amide bonds. The van der Waals surface area contributed by atoms with Gasteiger partial charge in [0.25, 0.3) is 5.91 Å². The number of hydrogen-bond acceptors (Lipinski definition) is 5. The molecule has 0 spiro atoms. The summed E-state index contributed by atoms with van der Waals surface area (Å²) in [7, 11) is 0. The molecule has 3 rings (SSSR count). The number of carbonyl (C=O) groups excluding carboxylic acids is 1. The topological polar surface area (TPSA) is 73.2 Å². The number of likely N-dealkylation sites (tertiary alicyclic amines) is 1. The van der Waals surface area contributed by atoms with Gasteiger partial charge in [-0.25, -0.2) is 0 Å². The third-order valence-corrected chi connectivity index (χ3v) is 5.15. The highest BCUT2D eigenvalue weighted by atomic mass is 16.5. The SMILES string of the molecule is Cc1ccc(C(=O)N2C[C@@H](CN3CCOCC3)[C@@H](CO)C2)cc1O. The minimum atomic E-state index is -0.0757. The van der Waals surface area contributed by atoms with Crippen molar-refractivity contribution in [2.24, 2.45) is 11.8 Å². The average Bonchev–Trinajstić information content (AvgIpc) is 3.00. The van der Waals surface area contributed by atoms with Crippen LogP contribution in [0.4, 0.5) is 0 Å². The molecule has 0 aliphatic carbocycles. The first kappa shape index (κ1) is 17.2. The fourth-order valence-electron chi connectivity index (χ4n) is 3.56. The number of amides is 1. The number of phenolic OH excluding ortho intramolecular Hbond substituents is 1. The highest BCUT2D eigenvalue weighted by Gasteiger charge is 2.36. The molecule has 0 radical (unpaired) electrons. The molecule has 0 unspecified atom stereocenters. The molecule has 6 nitrogen and oxygen atoms in total. The Hall–Kier alpha value is -1.63. The van der Waals surface area contributed by atoms with Crippen molar-refractivity contribution < 1.29 is 19.7 Å². The van der Waals surface area contributed by atoms with E-state index in [2.05, 4.69) is 4.90 Å². The van der Waals surface area contributed by atoms with Gasteiger partial charge in [-0.05, 0) is 30.5 Å². The van der Waals surface area contributed by atoms with Gasteiger partial charge in [0.15, 0.2) is 0 Å². The number of morpholine rings is 1. The predicted octanol–water partition coefficient (Wildman–Crippen LogP) is 0.713. The maximum atomic E-state index is 12.7. The number of aliphatic hydroxyl groups excluding tert-OH is 1. The lowest BCUT2D eigenvalue weighted by atomic mass is 9.96. The molecule has 2 aliphatic rings. The number of aromatic hydroxyl groups is 1. The molecule has 2 atom stereocenters. The van der Waals surface area contributed by atoms with Crippen LogP contribution in [0, 0.1) is 18.8 Å². The van der Waals surface area contributed by atoms with Crippen LogP contribution in [0.25, 0.3) is 0 Å². The van der Waals surface area contributed by atoms with Gasteiger partial charge < -0.3 is 19.8 Å². The lowest BCUT2D eigenvalue weighted by Gasteiger charge is -2.30. The van der Waals surface area contributed by atoms with Crippen molar-refractivity contribution in [3.8, 4) is 5.75 Å². The van der Waals surface area contributed by atoms with Crippen molar-refractivity contribution in [2.75, 3.05) is 52.5 Å². The maximum Gasteiger partial charge on any atom is 0.254 e. The third kappa shape index (κ3) is 3.71. The Labute approximate surface area is 142 Å². The van der Waals surface area contributed by atoms with E-state index in [9.17, 15) is 15.0 Å². The van der Waals surface area contributed by atoms with E-state index in [1.807, 2.05) is 0 Å². The number of hydrogen-bond donors (Lipinski definition) is 2. The van der Waals surface area contributed by atoms with Crippen LogP contribution >= 0.6 is 0 Å². The summed E-state index contributed by atoms with van der Waals surface area (Å²) >= 11 is 0. The van der Waals surface area contributed by atoms with Gasteiger partial charge in [0.2, 0.25) is 0 Å². The Morgan fingerprint density at radius 1 is 1.25 bits per heavy atom. The molecule has 24 heavy (non-hydrogen) atoms. The van der Waals surface area contributed by atoms with Gasteiger partial charge in [-0.1, -0.05) is 6.07 Å². The van der Waals surface area contributed by atoms with E-state index < -0.39 is 0 Å². The van der Waals surface area contributed by atoms with Crippen LogP contribution in [0.1, 0.15) is 15.9 Å². The normalized spacial score (nSPS) is 25.2. The fourth-order valence-corrected chi connectivity index (χ4v) is 3.56.